The molecule has 0 saturated heterocycles. The highest BCUT2D eigenvalue weighted by Gasteiger charge is 2.15. The number of hydrogen-bond acceptors (Lipinski definition) is 4. The zero-order valence-corrected chi connectivity index (χ0v) is 11.2. The lowest BCUT2D eigenvalue weighted by Gasteiger charge is -2.09. The molecule has 1 aromatic rings. The second-order valence-corrected chi connectivity index (χ2v) is 4.50. The van der Waals surface area contributed by atoms with Gasteiger partial charge in [0.25, 0.3) is 5.69 Å². The number of nitrogens with one attached hydrogen (secondary N) is 1. The van der Waals surface area contributed by atoms with Crippen LogP contribution >= 0.6 is 11.6 Å². The van der Waals surface area contributed by atoms with E-state index in [4.69, 9.17) is 16.3 Å². The van der Waals surface area contributed by atoms with Gasteiger partial charge in [0.1, 0.15) is 0 Å². The summed E-state index contributed by atoms with van der Waals surface area (Å²) in [5.74, 6) is 0. The molecule has 0 unspecified atom stereocenters. The normalized spacial score (nSPS) is 10.9. The summed E-state index contributed by atoms with van der Waals surface area (Å²) in [6.07, 6.45) is 0.182. The predicted octanol–water partition coefficient (Wildman–Crippen LogP) is 2.76. The summed E-state index contributed by atoms with van der Waals surface area (Å²) in [7, 11) is 0. The number of nitro benzene ring substituents is 1. The summed E-state index contributed by atoms with van der Waals surface area (Å²) in [4.78, 5) is 10.4. The Kier molecular flexibility index (Phi) is 6.04. The molecule has 1 N–H and O–H groups in total. The molecule has 0 fully saturated rings. The van der Waals surface area contributed by atoms with Gasteiger partial charge in [-0.1, -0.05) is 17.7 Å². The molecule has 0 amide bonds. The molecule has 0 radical (unpaired) electrons. The molecule has 100 valence electrons. The monoisotopic (exact) mass is 272 g/mol. The number of nitrogens with zero attached hydrogens (tertiary/aromatic N) is 1. The first-order chi connectivity index (χ1) is 8.52. The van der Waals surface area contributed by atoms with Crippen molar-refractivity contribution < 1.29 is 9.66 Å². The average Bonchev–Trinajstić information content (AvgIpc) is 2.29. The number of nitro groups is 1. The van der Waals surface area contributed by atoms with E-state index in [1.165, 1.54) is 6.07 Å². The van der Waals surface area contributed by atoms with Gasteiger partial charge in [0.05, 0.1) is 28.2 Å². The molecule has 0 atom stereocenters. The van der Waals surface area contributed by atoms with E-state index in [0.717, 1.165) is 0 Å². The smallest absolute Gasteiger partial charge is 0.275 e. The Bertz CT molecular complexity index is 410. The topological polar surface area (TPSA) is 64.4 Å². The predicted molar refractivity (Wildman–Crippen MR) is 70.9 cm³/mol. The summed E-state index contributed by atoms with van der Waals surface area (Å²) in [6.45, 7) is 5.46. The first kappa shape index (κ1) is 14.9. The van der Waals surface area contributed by atoms with Crippen LogP contribution in [0.3, 0.4) is 0 Å². The quantitative estimate of drug-likeness (QED) is 0.471. The van der Waals surface area contributed by atoms with Crippen molar-refractivity contribution in [1.29, 1.82) is 0 Å². The molecule has 0 saturated carbocycles. The lowest BCUT2D eigenvalue weighted by Crippen LogP contribution is -2.21. The van der Waals surface area contributed by atoms with E-state index in [0.29, 0.717) is 30.3 Å². The molecule has 0 spiro atoms. The molecule has 0 bridgehead atoms. The minimum absolute atomic E-state index is 0.0415. The van der Waals surface area contributed by atoms with Crippen molar-refractivity contribution in [2.75, 3.05) is 13.2 Å². The highest BCUT2D eigenvalue weighted by atomic mass is 35.5. The molecular weight excluding hydrogens is 256 g/mol. The molecule has 1 rings (SSSR count). The molecule has 0 aromatic heterocycles. The Hall–Kier alpha value is -1.17. The van der Waals surface area contributed by atoms with Crippen molar-refractivity contribution >= 4 is 17.3 Å². The van der Waals surface area contributed by atoms with Gasteiger partial charge in [0.15, 0.2) is 0 Å². The number of rotatable bonds is 7. The van der Waals surface area contributed by atoms with Gasteiger partial charge in [-0.15, -0.1) is 0 Å². The lowest BCUT2D eigenvalue weighted by atomic mass is 10.2. The maximum atomic E-state index is 10.8. The third kappa shape index (κ3) is 4.60. The van der Waals surface area contributed by atoms with Gasteiger partial charge in [-0.3, -0.25) is 10.1 Å². The van der Waals surface area contributed by atoms with E-state index in [9.17, 15) is 10.1 Å². The van der Waals surface area contributed by atoms with Crippen LogP contribution in [0.1, 0.15) is 19.4 Å². The zero-order chi connectivity index (χ0) is 13.5. The molecule has 6 heteroatoms. The maximum Gasteiger partial charge on any atom is 0.275 e. The third-order valence-corrected chi connectivity index (χ3v) is 2.68. The third-order valence-electron chi connectivity index (χ3n) is 2.32. The fourth-order valence-electron chi connectivity index (χ4n) is 1.47. The van der Waals surface area contributed by atoms with Crippen LogP contribution in [0.25, 0.3) is 0 Å². The second kappa shape index (κ2) is 7.31. The molecule has 0 aliphatic carbocycles. The van der Waals surface area contributed by atoms with Crippen molar-refractivity contribution in [3.63, 3.8) is 0 Å². The van der Waals surface area contributed by atoms with Crippen molar-refractivity contribution in [2.45, 2.75) is 26.5 Å². The van der Waals surface area contributed by atoms with Crippen LogP contribution in [0.4, 0.5) is 5.69 Å². The second-order valence-electron chi connectivity index (χ2n) is 4.09. The van der Waals surface area contributed by atoms with Crippen LogP contribution in [0, 0.1) is 10.1 Å². The summed E-state index contributed by atoms with van der Waals surface area (Å²) < 4.78 is 5.36. The minimum atomic E-state index is -0.423. The van der Waals surface area contributed by atoms with Crippen LogP contribution in [0.5, 0.6) is 0 Å². The molecule has 0 aliphatic rings. The molecule has 18 heavy (non-hydrogen) atoms. The molecule has 0 heterocycles. The first-order valence-corrected chi connectivity index (χ1v) is 6.14. The largest absolute Gasteiger partial charge is 0.377 e. The number of halogens is 1. The fraction of sp³-hybridized carbons (Fsp3) is 0.500. The minimum Gasteiger partial charge on any atom is -0.377 e. The van der Waals surface area contributed by atoms with Crippen LogP contribution in [0.15, 0.2) is 18.2 Å². The number of ether oxygens (including phenoxy) is 1. The van der Waals surface area contributed by atoms with Gasteiger partial charge in [-0.05, 0) is 19.9 Å². The lowest BCUT2D eigenvalue weighted by molar-refractivity contribution is -0.385. The van der Waals surface area contributed by atoms with Gasteiger partial charge >= 0.3 is 0 Å². The van der Waals surface area contributed by atoms with Crippen molar-refractivity contribution in [3.05, 3.63) is 38.9 Å². The van der Waals surface area contributed by atoms with Gasteiger partial charge in [-0.2, -0.15) is 0 Å². The Morgan fingerprint density at radius 2 is 2.22 bits per heavy atom. The standard InChI is InChI=1S/C12H17ClN2O3/c1-9(2)18-7-6-14-8-10-11(13)4-3-5-12(10)15(16)17/h3-5,9,14H,6-8H2,1-2H3. The Balaban J connectivity index is 2.53. The highest BCUT2D eigenvalue weighted by Crippen LogP contribution is 2.25. The van der Waals surface area contributed by atoms with Crippen LogP contribution in [-0.4, -0.2) is 24.2 Å². The molecule has 5 nitrogen and oxygen atoms in total. The van der Waals surface area contributed by atoms with E-state index < -0.39 is 4.92 Å². The van der Waals surface area contributed by atoms with Gasteiger partial charge < -0.3 is 10.1 Å². The Morgan fingerprint density at radius 1 is 1.50 bits per heavy atom. The first-order valence-electron chi connectivity index (χ1n) is 5.76. The van der Waals surface area contributed by atoms with Gasteiger partial charge in [0, 0.05) is 19.2 Å². The average molecular weight is 273 g/mol. The van der Waals surface area contributed by atoms with Crippen LogP contribution in [-0.2, 0) is 11.3 Å². The van der Waals surface area contributed by atoms with Gasteiger partial charge in [0.2, 0.25) is 0 Å². The Morgan fingerprint density at radius 3 is 2.83 bits per heavy atom. The van der Waals surface area contributed by atoms with E-state index in [2.05, 4.69) is 5.32 Å². The van der Waals surface area contributed by atoms with E-state index in [1.54, 1.807) is 12.1 Å². The SMILES string of the molecule is CC(C)OCCNCc1c(Cl)cccc1[N+](=O)[O-]. The van der Waals surface area contributed by atoms with E-state index in [-0.39, 0.29) is 11.8 Å². The molecular formula is C12H17ClN2O3. The summed E-state index contributed by atoms with van der Waals surface area (Å²) in [6, 6.07) is 4.68. The maximum absolute atomic E-state index is 10.8. The number of benzene rings is 1. The fourth-order valence-corrected chi connectivity index (χ4v) is 1.71. The Labute approximate surface area is 111 Å². The highest BCUT2D eigenvalue weighted by molar-refractivity contribution is 6.31. The van der Waals surface area contributed by atoms with Crippen molar-refractivity contribution in [3.8, 4) is 0 Å². The zero-order valence-electron chi connectivity index (χ0n) is 10.5. The molecule has 0 aliphatic heterocycles. The van der Waals surface area contributed by atoms with Crippen molar-refractivity contribution in [1.82, 2.24) is 5.32 Å². The van der Waals surface area contributed by atoms with Crippen LogP contribution < -0.4 is 5.32 Å². The summed E-state index contributed by atoms with van der Waals surface area (Å²) >= 11 is 5.96. The van der Waals surface area contributed by atoms with E-state index in [1.807, 2.05) is 13.8 Å². The number of hydrogen-bond donors (Lipinski definition) is 1. The van der Waals surface area contributed by atoms with Gasteiger partial charge in [-0.25, -0.2) is 0 Å². The molecule has 1 aromatic carbocycles. The van der Waals surface area contributed by atoms with Crippen molar-refractivity contribution in [2.24, 2.45) is 0 Å². The summed E-state index contributed by atoms with van der Waals surface area (Å²) in [5, 5.41) is 14.3. The van der Waals surface area contributed by atoms with E-state index >= 15 is 0 Å². The van der Waals surface area contributed by atoms with Crippen LogP contribution in [0.2, 0.25) is 5.02 Å². The summed E-state index contributed by atoms with van der Waals surface area (Å²) in [5.41, 5.74) is 0.550.